The molecule has 1 aromatic rings. The van der Waals surface area contributed by atoms with Crippen molar-refractivity contribution in [1.29, 1.82) is 0 Å². The maximum atomic E-state index is 12.9. The van der Waals surface area contributed by atoms with E-state index in [1.54, 1.807) is 18.2 Å². The van der Waals surface area contributed by atoms with Crippen LogP contribution in [0.4, 0.5) is 13.2 Å². The van der Waals surface area contributed by atoms with Gasteiger partial charge in [-0.05, 0) is 24.1 Å². The summed E-state index contributed by atoms with van der Waals surface area (Å²) in [6, 6.07) is 4.54. The lowest BCUT2D eigenvalue weighted by Gasteiger charge is -2.35. The molecule has 1 heterocycles. The Hall–Kier alpha value is -0.780. The maximum absolute atomic E-state index is 12.9. The van der Waals surface area contributed by atoms with Gasteiger partial charge < -0.3 is 5.32 Å². The van der Waals surface area contributed by atoms with Gasteiger partial charge in [-0.25, -0.2) is 0 Å². The molecule has 1 aliphatic heterocycles. The van der Waals surface area contributed by atoms with Crippen LogP contribution in [0.25, 0.3) is 0 Å². The van der Waals surface area contributed by atoms with Crippen LogP contribution in [0.3, 0.4) is 0 Å². The van der Waals surface area contributed by atoms with Gasteiger partial charge in [0.25, 0.3) is 0 Å². The van der Waals surface area contributed by atoms with Gasteiger partial charge in [0.1, 0.15) is 0 Å². The van der Waals surface area contributed by atoms with Crippen molar-refractivity contribution in [3.63, 3.8) is 0 Å². The molecule has 20 heavy (non-hydrogen) atoms. The predicted octanol–water partition coefficient (Wildman–Crippen LogP) is 3.55. The average Bonchev–Trinajstić information content (AvgIpc) is 2.39. The largest absolute Gasteiger partial charge is 0.390 e. The van der Waals surface area contributed by atoms with Crippen LogP contribution in [0.15, 0.2) is 18.2 Å². The summed E-state index contributed by atoms with van der Waals surface area (Å²) in [5.41, 5.74) is 1.52. The standard InChI is InChI=1S/C14H18ClF3N2/c1-10-2-3-11(8-12(10)15)13(9-14(16,17)18)20-6-4-19-5-7-20/h2-3,8,13,19H,4-7,9H2,1H3/t13-/m0/s1. The molecule has 1 aromatic carbocycles. The van der Waals surface area contributed by atoms with E-state index in [1.165, 1.54) is 0 Å². The minimum Gasteiger partial charge on any atom is -0.314 e. The summed E-state index contributed by atoms with van der Waals surface area (Å²) in [6.07, 6.45) is -5.03. The molecule has 2 nitrogen and oxygen atoms in total. The highest BCUT2D eigenvalue weighted by Crippen LogP contribution is 2.35. The van der Waals surface area contributed by atoms with Crippen LogP contribution in [-0.4, -0.2) is 37.3 Å². The number of alkyl halides is 3. The molecule has 2 rings (SSSR count). The topological polar surface area (TPSA) is 15.3 Å². The van der Waals surface area contributed by atoms with Crippen LogP contribution in [0.5, 0.6) is 0 Å². The fraction of sp³-hybridized carbons (Fsp3) is 0.571. The van der Waals surface area contributed by atoms with Gasteiger partial charge in [-0.2, -0.15) is 13.2 Å². The molecule has 1 N–H and O–H groups in total. The third-order valence-electron chi connectivity index (χ3n) is 3.60. The molecule has 1 fully saturated rings. The second kappa shape index (κ2) is 6.33. The highest BCUT2D eigenvalue weighted by molar-refractivity contribution is 6.31. The van der Waals surface area contributed by atoms with E-state index in [0.717, 1.165) is 5.56 Å². The maximum Gasteiger partial charge on any atom is 0.390 e. The second-order valence-corrected chi connectivity index (χ2v) is 5.54. The summed E-state index contributed by atoms with van der Waals surface area (Å²) in [7, 11) is 0. The Kier molecular flexibility index (Phi) is 4.94. The first-order valence-electron chi connectivity index (χ1n) is 6.64. The molecule has 0 radical (unpaired) electrons. The van der Waals surface area contributed by atoms with E-state index in [9.17, 15) is 13.2 Å². The third kappa shape index (κ3) is 4.11. The lowest BCUT2D eigenvalue weighted by molar-refractivity contribution is -0.148. The van der Waals surface area contributed by atoms with Gasteiger partial charge in [0, 0.05) is 37.2 Å². The van der Waals surface area contributed by atoms with E-state index in [4.69, 9.17) is 11.6 Å². The highest BCUT2D eigenvalue weighted by atomic mass is 35.5. The van der Waals surface area contributed by atoms with Crippen molar-refractivity contribution >= 4 is 11.6 Å². The Morgan fingerprint density at radius 1 is 1.30 bits per heavy atom. The van der Waals surface area contributed by atoms with Crippen LogP contribution >= 0.6 is 11.6 Å². The first-order valence-corrected chi connectivity index (χ1v) is 7.02. The second-order valence-electron chi connectivity index (χ2n) is 5.13. The highest BCUT2D eigenvalue weighted by Gasteiger charge is 2.36. The van der Waals surface area contributed by atoms with Crippen LogP contribution in [0, 0.1) is 6.92 Å². The number of hydrogen-bond acceptors (Lipinski definition) is 2. The van der Waals surface area contributed by atoms with Crippen molar-refractivity contribution in [1.82, 2.24) is 10.2 Å². The van der Waals surface area contributed by atoms with E-state index in [0.29, 0.717) is 36.8 Å². The predicted molar refractivity (Wildman–Crippen MR) is 74.0 cm³/mol. The lowest BCUT2D eigenvalue weighted by atomic mass is 9.99. The molecule has 0 unspecified atom stereocenters. The first kappa shape index (κ1) is 15.6. The summed E-state index contributed by atoms with van der Waals surface area (Å²) >= 11 is 6.06. The van der Waals surface area contributed by atoms with E-state index < -0.39 is 18.6 Å². The molecule has 112 valence electrons. The summed E-state index contributed by atoms with van der Waals surface area (Å²) < 4.78 is 38.6. The van der Waals surface area contributed by atoms with Gasteiger partial charge in [0.05, 0.1) is 6.42 Å². The molecule has 6 heteroatoms. The molecule has 0 spiro atoms. The van der Waals surface area contributed by atoms with Gasteiger partial charge in [-0.15, -0.1) is 0 Å². The average molecular weight is 307 g/mol. The van der Waals surface area contributed by atoms with E-state index in [-0.39, 0.29) is 0 Å². The first-order chi connectivity index (χ1) is 9.37. The van der Waals surface area contributed by atoms with Crippen LogP contribution in [-0.2, 0) is 0 Å². The molecule has 0 aliphatic carbocycles. The molecular weight excluding hydrogens is 289 g/mol. The van der Waals surface area contributed by atoms with Gasteiger partial charge >= 0.3 is 6.18 Å². The van der Waals surface area contributed by atoms with Crippen LogP contribution < -0.4 is 5.32 Å². The van der Waals surface area contributed by atoms with Gasteiger partial charge in [-0.3, -0.25) is 4.90 Å². The normalized spacial score (nSPS) is 19.1. The third-order valence-corrected chi connectivity index (χ3v) is 4.01. The molecular formula is C14H18ClF3N2. The molecule has 0 bridgehead atoms. The number of aryl methyl sites for hydroxylation is 1. The molecule has 0 aromatic heterocycles. The fourth-order valence-corrected chi connectivity index (χ4v) is 2.68. The van der Waals surface area contributed by atoms with E-state index in [1.807, 2.05) is 11.8 Å². The quantitative estimate of drug-likeness (QED) is 0.919. The van der Waals surface area contributed by atoms with Gasteiger partial charge in [0.2, 0.25) is 0 Å². The molecule has 1 aliphatic rings. The zero-order valence-electron chi connectivity index (χ0n) is 11.3. The van der Waals surface area contributed by atoms with E-state index in [2.05, 4.69) is 5.32 Å². The summed E-state index contributed by atoms with van der Waals surface area (Å²) in [5.74, 6) is 0. The van der Waals surface area contributed by atoms with Crippen molar-refractivity contribution < 1.29 is 13.2 Å². The van der Waals surface area contributed by atoms with Crippen molar-refractivity contribution in [3.05, 3.63) is 34.3 Å². The summed E-state index contributed by atoms with van der Waals surface area (Å²) in [5, 5.41) is 3.67. The summed E-state index contributed by atoms with van der Waals surface area (Å²) in [6.45, 7) is 4.51. The fourth-order valence-electron chi connectivity index (χ4n) is 2.49. The Labute approximate surface area is 121 Å². The van der Waals surface area contributed by atoms with Crippen molar-refractivity contribution in [2.75, 3.05) is 26.2 Å². The number of rotatable bonds is 3. The molecule has 0 saturated carbocycles. The number of nitrogens with zero attached hydrogens (tertiary/aromatic N) is 1. The van der Waals surface area contributed by atoms with Gasteiger partial charge in [0.15, 0.2) is 0 Å². The van der Waals surface area contributed by atoms with Crippen molar-refractivity contribution in [2.45, 2.75) is 25.6 Å². The number of hydrogen-bond donors (Lipinski definition) is 1. The Morgan fingerprint density at radius 3 is 2.50 bits per heavy atom. The Balaban J connectivity index is 2.26. The molecule has 1 saturated heterocycles. The van der Waals surface area contributed by atoms with Crippen molar-refractivity contribution in [2.24, 2.45) is 0 Å². The lowest BCUT2D eigenvalue weighted by Crippen LogP contribution is -2.46. The zero-order valence-corrected chi connectivity index (χ0v) is 12.1. The number of benzene rings is 1. The SMILES string of the molecule is Cc1ccc([C@H](CC(F)(F)F)N2CCNCC2)cc1Cl. The number of piperazine rings is 1. The number of nitrogens with one attached hydrogen (secondary N) is 1. The minimum atomic E-state index is -4.19. The number of halogens is 4. The minimum absolute atomic E-state index is 0.518. The zero-order chi connectivity index (χ0) is 14.8. The molecule has 1 atom stereocenters. The summed E-state index contributed by atoms with van der Waals surface area (Å²) in [4.78, 5) is 1.88. The monoisotopic (exact) mass is 306 g/mol. The Morgan fingerprint density at radius 2 is 1.95 bits per heavy atom. The Bertz CT molecular complexity index is 456. The van der Waals surface area contributed by atoms with Crippen molar-refractivity contribution in [3.8, 4) is 0 Å². The van der Waals surface area contributed by atoms with Crippen LogP contribution in [0.1, 0.15) is 23.6 Å². The smallest absolute Gasteiger partial charge is 0.314 e. The van der Waals surface area contributed by atoms with Gasteiger partial charge in [-0.1, -0.05) is 23.7 Å². The van der Waals surface area contributed by atoms with E-state index >= 15 is 0 Å². The van der Waals surface area contributed by atoms with Crippen LogP contribution in [0.2, 0.25) is 5.02 Å². The molecule has 0 amide bonds.